The number of piperidine rings is 2. The Labute approximate surface area is 425 Å². The zero-order chi connectivity index (χ0) is 49.5. The minimum atomic E-state index is -0.598. The third kappa shape index (κ3) is 8.93. The Morgan fingerprint density at radius 2 is 1.64 bits per heavy atom. The number of imide groups is 1. The van der Waals surface area contributed by atoms with Gasteiger partial charge in [-0.2, -0.15) is 9.97 Å². The molecule has 2 aromatic heterocycles. The Kier molecular flexibility index (Phi) is 12.0. The van der Waals surface area contributed by atoms with Gasteiger partial charge >= 0.3 is 6.01 Å². The van der Waals surface area contributed by atoms with Crippen molar-refractivity contribution in [2.24, 2.45) is 11.3 Å². The summed E-state index contributed by atoms with van der Waals surface area (Å²) in [5.41, 5.74) is 4.73. The summed E-state index contributed by atoms with van der Waals surface area (Å²) < 4.78 is 23.7. The summed E-state index contributed by atoms with van der Waals surface area (Å²) >= 11 is 0. The Morgan fingerprint density at radius 3 is 2.40 bits per heavy atom. The number of nitrogens with one attached hydrogen (secondary N) is 2. The number of halogens is 1. The van der Waals surface area contributed by atoms with E-state index < -0.39 is 11.9 Å². The van der Waals surface area contributed by atoms with E-state index in [0.717, 1.165) is 138 Å². The monoisotopic (exact) mass is 992 g/mol. The number of aromatic nitrogens is 3. The maximum atomic E-state index is 17.2. The lowest BCUT2D eigenvalue weighted by Crippen LogP contribution is -2.62. The van der Waals surface area contributed by atoms with Crippen molar-refractivity contribution in [1.82, 2.24) is 45.2 Å². The molecular formula is C56H66FN11O5. The number of hydrogen-bond acceptors (Lipinski definition) is 14. The van der Waals surface area contributed by atoms with Gasteiger partial charge in [0.15, 0.2) is 5.82 Å². The van der Waals surface area contributed by atoms with Gasteiger partial charge in [-0.3, -0.25) is 39.4 Å². The first kappa shape index (κ1) is 46.8. The summed E-state index contributed by atoms with van der Waals surface area (Å²) in [6.45, 7) is 15.0. The number of fused-ring (bicyclic) bond motifs is 5. The van der Waals surface area contributed by atoms with Crippen LogP contribution in [-0.4, -0.2) is 167 Å². The number of carbonyl (C=O) groups excluding carboxylic acids is 3. The van der Waals surface area contributed by atoms with Gasteiger partial charge in [-0.15, -0.1) is 0 Å². The number of carbonyl (C=O) groups is 3. The van der Waals surface area contributed by atoms with Crippen LogP contribution in [0.25, 0.3) is 32.9 Å². The Bertz CT molecular complexity index is 2990. The van der Waals surface area contributed by atoms with E-state index in [2.05, 4.69) is 48.1 Å². The molecule has 2 bridgehead atoms. The number of likely N-dealkylation sites (tertiary alicyclic amines) is 2. The van der Waals surface area contributed by atoms with Gasteiger partial charge in [0.1, 0.15) is 28.8 Å². The van der Waals surface area contributed by atoms with E-state index >= 15 is 4.39 Å². The third-order valence-corrected chi connectivity index (χ3v) is 17.7. The number of piperazine rings is 2. The molecule has 7 aliphatic heterocycles. The first-order valence-electron chi connectivity index (χ1n) is 27.0. The molecule has 0 spiro atoms. The molecule has 3 N–H and O–H groups in total. The van der Waals surface area contributed by atoms with Gasteiger partial charge < -0.3 is 29.9 Å². The van der Waals surface area contributed by atoms with Crippen molar-refractivity contribution < 1.29 is 28.6 Å². The average molecular weight is 992 g/mol. The van der Waals surface area contributed by atoms with E-state index in [0.29, 0.717) is 65.9 Å². The fourth-order valence-corrected chi connectivity index (χ4v) is 13.4. The fraction of sp³-hybridized carbons (Fsp3) is 0.536. The number of phenols is 1. The molecule has 7 fully saturated rings. The van der Waals surface area contributed by atoms with E-state index in [9.17, 15) is 19.5 Å². The minimum Gasteiger partial charge on any atom is -0.508 e. The molecule has 8 aliphatic rings. The van der Waals surface area contributed by atoms with Gasteiger partial charge in [-0.25, -0.2) is 4.39 Å². The van der Waals surface area contributed by atoms with Crippen molar-refractivity contribution in [2.75, 3.05) is 94.9 Å². The van der Waals surface area contributed by atoms with Crippen molar-refractivity contribution in [3.63, 3.8) is 0 Å². The molecule has 3 aromatic carbocycles. The Morgan fingerprint density at radius 1 is 0.849 bits per heavy atom. The molecule has 1 aliphatic carbocycles. The lowest BCUT2D eigenvalue weighted by molar-refractivity contribution is -0.136. The number of aromatic hydroxyl groups is 1. The summed E-state index contributed by atoms with van der Waals surface area (Å²) in [6, 6.07) is 16.3. The fourth-order valence-electron chi connectivity index (χ4n) is 13.4. The molecule has 17 heteroatoms. The van der Waals surface area contributed by atoms with Crippen LogP contribution in [0.15, 0.2) is 54.7 Å². The molecule has 3 amide bonds. The van der Waals surface area contributed by atoms with Gasteiger partial charge in [0.2, 0.25) is 11.8 Å². The lowest BCUT2D eigenvalue weighted by atomic mass is 9.93. The molecule has 3 unspecified atom stereocenters. The summed E-state index contributed by atoms with van der Waals surface area (Å²) in [4.78, 5) is 66.3. The molecule has 0 radical (unpaired) electrons. The normalized spacial score (nSPS) is 24.9. The molecule has 9 heterocycles. The van der Waals surface area contributed by atoms with Gasteiger partial charge in [0.05, 0.1) is 12.0 Å². The van der Waals surface area contributed by atoms with Crippen LogP contribution in [-0.2, 0) is 22.6 Å². The highest BCUT2D eigenvalue weighted by molar-refractivity contribution is 6.06. The lowest BCUT2D eigenvalue weighted by Gasteiger charge is -2.49. The second-order valence-corrected chi connectivity index (χ2v) is 22.6. The average Bonchev–Trinajstić information content (AvgIpc) is 3.97. The topological polar surface area (TPSA) is 163 Å². The number of phenolic OH excluding ortho intramolecular Hbond substituents is 1. The maximum Gasteiger partial charge on any atom is 0.319 e. The van der Waals surface area contributed by atoms with Crippen LogP contribution in [0.4, 0.5) is 15.9 Å². The van der Waals surface area contributed by atoms with Gasteiger partial charge in [0.25, 0.3) is 5.91 Å². The summed E-state index contributed by atoms with van der Waals surface area (Å²) in [5, 5.41) is 19.2. The number of nitrogens with zero attached hydrogens (tertiary/aromatic N) is 9. The largest absolute Gasteiger partial charge is 0.508 e. The number of anilines is 2. The highest BCUT2D eigenvalue weighted by Gasteiger charge is 2.48. The van der Waals surface area contributed by atoms with Gasteiger partial charge in [0, 0.05) is 125 Å². The zero-order valence-corrected chi connectivity index (χ0v) is 41.8. The second-order valence-electron chi connectivity index (χ2n) is 22.6. The second kappa shape index (κ2) is 18.7. The van der Waals surface area contributed by atoms with E-state index in [4.69, 9.17) is 19.7 Å². The highest BCUT2D eigenvalue weighted by Crippen LogP contribution is 2.48. The molecule has 13 rings (SSSR count). The number of aryl methyl sites for hydroxylation is 1. The van der Waals surface area contributed by atoms with Crippen LogP contribution in [0.2, 0.25) is 0 Å². The molecule has 1 saturated carbocycles. The number of ether oxygens (including phenoxy) is 1. The van der Waals surface area contributed by atoms with Gasteiger partial charge in [-0.05, 0) is 123 Å². The van der Waals surface area contributed by atoms with Crippen molar-refractivity contribution in [3.8, 4) is 23.0 Å². The van der Waals surface area contributed by atoms with Crippen LogP contribution >= 0.6 is 0 Å². The van der Waals surface area contributed by atoms with Gasteiger partial charge in [-0.1, -0.05) is 25.1 Å². The first-order chi connectivity index (χ1) is 35.5. The zero-order valence-electron chi connectivity index (χ0n) is 41.8. The van der Waals surface area contributed by atoms with E-state index in [1.165, 1.54) is 12.8 Å². The molecule has 6 saturated heterocycles. The minimum absolute atomic E-state index is 0.0338. The van der Waals surface area contributed by atoms with E-state index in [-0.39, 0.29) is 52.5 Å². The third-order valence-electron chi connectivity index (χ3n) is 17.7. The Balaban J connectivity index is 0.606. The molecule has 5 aromatic rings. The summed E-state index contributed by atoms with van der Waals surface area (Å²) in [6.07, 6.45) is 9.92. The number of rotatable bonds is 13. The van der Waals surface area contributed by atoms with Crippen LogP contribution < -0.4 is 25.2 Å². The molecular weight excluding hydrogens is 926 g/mol. The maximum absolute atomic E-state index is 17.2. The summed E-state index contributed by atoms with van der Waals surface area (Å²) in [5.74, 6) is 0.120. The van der Waals surface area contributed by atoms with Crippen molar-refractivity contribution in [1.29, 1.82) is 0 Å². The van der Waals surface area contributed by atoms with Crippen molar-refractivity contribution in [3.05, 3.63) is 77.2 Å². The van der Waals surface area contributed by atoms with Crippen LogP contribution in [0.3, 0.4) is 0 Å². The molecule has 3 atom stereocenters. The molecule has 382 valence electrons. The number of amides is 3. The predicted molar refractivity (Wildman–Crippen MR) is 276 cm³/mol. The number of hydrogen-bond donors (Lipinski definition) is 3. The highest BCUT2D eigenvalue weighted by atomic mass is 19.1. The van der Waals surface area contributed by atoms with E-state index in [1.54, 1.807) is 23.2 Å². The SMILES string of the molecule is CCc1cccc2cc(O)cc(-c3ncc4c(N5CC6CCC(C5)N6)nc(OCC5(CN6CC(N7CCC(CN8CCN(c9ccc%10c(c9)CN(C9CCC(=O)NC9=O)C%10=O)CC8)CC7)C6)CC5)nc4c3F)c12. The number of benzene rings is 3. The van der Waals surface area contributed by atoms with Crippen LogP contribution in [0, 0.1) is 17.2 Å². The Hall–Kier alpha value is -6.01. The van der Waals surface area contributed by atoms with Crippen molar-refractivity contribution in [2.45, 2.75) is 95.4 Å². The van der Waals surface area contributed by atoms with E-state index in [1.807, 2.05) is 30.3 Å². The van der Waals surface area contributed by atoms with Crippen molar-refractivity contribution >= 4 is 50.9 Å². The smallest absolute Gasteiger partial charge is 0.319 e. The molecule has 16 nitrogen and oxygen atoms in total. The summed E-state index contributed by atoms with van der Waals surface area (Å²) in [7, 11) is 0. The van der Waals surface area contributed by atoms with Crippen LogP contribution in [0.1, 0.15) is 79.8 Å². The molecule has 73 heavy (non-hydrogen) atoms. The standard InChI is InChI=1S/C56H66FN11O5/c1-2-35-4-3-5-36-23-42(69)24-44(48(35)36)50-49(57)51-45(25-58-50)52(67-28-38-6-7-39(29-67)59-38)62-55(61-51)73-33-56(14-15-56)32-64-30-41(31-64)65-16-12-34(13-17-65)26-63-18-20-66(21-19-63)40-8-9-43-37(22-40)27-68(54(43)72)46-10-11-47(70)60-53(46)71/h3-5,8-9,22-25,34,38-39,41,46,59,69H,2,6-7,10-21,26-33H2,1H3,(H,60,70,71). The number of pyridine rings is 1. The van der Waals surface area contributed by atoms with Crippen LogP contribution in [0.5, 0.6) is 11.8 Å². The quantitative estimate of drug-likeness (QED) is 0.130. The first-order valence-corrected chi connectivity index (χ1v) is 27.0. The predicted octanol–water partition coefficient (Wildman–Crippen LogP) is 5.33.